The fourth-order valence-electron chi connectivity index (χ4n) is 2.19. The molecule has 0 aromatic carbocycles. The Labute approximate surface area is 114 Å². The van der Waals surface area contributed by atoms with Gasteiger partial charge in [-0.15, -0.1) is 0 Å². The largest absolute Gasteiger partial charge is 0.469 e. The van der Waals surface area contributed by atoms with Crippen LogP contribution in [-0.4, -0.2) is 48.8 Å². The normalized spacial score (nSPS) is 23.9. The molecule has 1 heterocycles. The summed E-state index contributed by atoms with van der Waals surface area (Å²) in [6, 6.07) is -0.129. The summed E-state index contributed by atoms with van der Waals surface area (Å²) in [5.41, 5.74) is 5.40. The maximum atomic E-state index is 12.0. The van der Waals surface area contributed by atoms with Crippen LogP contribution in [0.15, 0.2) is 0 Å². The van der Waals surface area contributed by atoms with Gasteiger partial charge in [-0.05, 0) is 33.1 Å². The number of esters is 1. The van der Waals surface area contributed by atoms with Gasteiger partial charge in [-0.1, -0.05) is 0 Å². The molecule has 6 nitrogen and oxygen atoms in total. The number of rotatable bonds is 2. The fraction of sp³-hybridized carbons (Fsp3) is 0.846. The maximum absolute atomic E-state index is 12.0. The second-order valence-corrected chi connectivity index (χ2v) is 6.03. The van der Waals surface area contributed by atoms with E-state index in [0.29, 0.717) is 19.5 Å². The molecule has 0 aliphatic carbocycles. The van der Waals surface area contributed by atoms with Gasteiger partial charge in [0.05, 0.1) is 13.5 Å². The summed E-state index contributed by atoms with van der Waals surface area (Å²) in [6.07, 6.45) is 0.621. The number of ether oxygens (including phenoxy) is 2. The number of methoxy groups -OCH3 is 1. The van der Waals surface area contributed by atoms with Crippen LogP contribution in [0.1, 0.15) is 33.6 Å². The van der Waals surface area contributed by atoms with Crippen LogP contribution in [0.5, 0.6) is 0 Å². The van der Waals surface area contributed by atoms with Crippen LogP contribution < -0.4 is 5.73 Å². The number of amides is 1. The average molecular weight is 272 g/mol. The molecule has 19 heavy (non-hydrogen) atoms. The van der Waals surface area contributed by atoms with Gasteiger partial charge in [0.2, 0.25) is 0 Å². The highest BCUT2D eigenvalue weighted by Gasteiger charge is 2.32. The van der Waals surface area contributed by atoms with Crippen molar-refractivity contribution in [1.29, 1.82) is 0 Å². The molecule has 1 aliphatic heterocycles. The van der Waals surface area contributed by atoms with E-state index in [1.165, 1.54) is 7.11 Å². The molecule has 110 valence electrons. The standard InChI is InChI=1S/C13H24N2O4/c1-13(2,3)19-12(17)15-7-9(5-10(14)8-15)6-11(16)18-4/h9-10H,5-8,14H2,1-4H3. The van der Waals surface area contributed by atoms with Crippen LogP contribution in [0.2, 0.25) is 0 Å². The Balaban J connectivity index is 2.59. The van der Waals surface area contributed by atoms with Gasteiger partial charge < -0.3 is 20.1 Å². The summed E-state index contributed by atoms with van der Waals surface area (Å²) < 4.78 is 9.97. The van der Waals surface area contributed by atoms with E-state index in [4.69, 9.17) is 10.5 Å². The Kier molecular flexibility index (Phi) is 5.17. The SMILES string of the molecule is COC(=O)CC1CC(N)CN(C(=O)OC(C)(C)C)C1. The molecule has 0 bridgehead atoms. The molecule has 0 radical (unpaired) electrons. The molecule has 0 aromatic rings. The number of piperidine rings is 1. The van der Waals surface area contributed by atoms with E-state index < -0.39 is 5.60 Å². The maximum Gasteiger partial charge on any atom is 0.410 e. The number of hydrogen-bond acceptors (Lipinski definition) is 5. The summed E-state index contributed by atoms with van der Waals surface area (Å²) in [6.45, 7) is 6.41. The lowest BCUT2D eigenvalue weighted by Gasteiger charge is -2.36. The lowest BCUT2D eigenvalue weighted by molar-refractivity contribution is -0.142. The smallest absolute Gasteiger partial charge is 0.410 e. The third-order valence-corrected chi connectivity index (χ3v) is 2.90. The lowest BCUT2D eigenvalue weighted by atomic mass is 9.92. The van der Waals surface area contributed by atoms with Crippen LogP contribution in [0.4, 0.5) is 4.79 Å². The Morgan fingerprint density at radius 2 is 1.95 bits per heavy atom. The number of carbonyl (C=O) groups is 2. The van der Waals surface area contributed by atoms with Gasteiger partial charge in [0.1, 0.15) is 5.60 Å². The van der Waals surface area contributed by atoms with E-state index >= 15 is 0 Å². The summed E-state index contributed by atoms with van der Waals surface area (Å²) in [5, 5.41) is 0. The fourth-order valence-corrected chi connectivity index (χ4v) is 2.19. The molecule has 0 aromatic heterocycles. The highest BCUT2D eigenvalue weighted by atomic mass is 16.6. The average Bonchev–Trinajstić information content (AvgIpc) is 2.25. The third kappa shape index (κ3) is 5.46. The van der Waals surface area contributed by atoms with E-state index in [0.717, 1.165) is 0 Å². The Bertz CT molecular complexity index is 338. The first kappa shape index (κ1) is 15.8. The molecule has 1 saturated heterocycles. The van der Waals surface area contributed by atoms with Crippen LogP contribution in [-0.2, 0) is 14.3 Å². The molecule has 1 rings (SSSR count). The van der Waals surface area contributed by atoms with Crippen molar-refractivity contribution < 1.29 is 19.1 Å². The van der Waals surface area contributed by atoms with E-state index in [-0.39, 0.29) is 30.4 Å². The predicted molar refractivity (Wildman–Crippen MR) is 70.5 cm³/mol. The zero-order chi connectivity index (χ0) is 14.6. The quantitative estimate of drug-likeness (QED) is 0.762. The van der Waals surface area contributed by atoms with Gasteiger partial charge in [-0.2, -0.15) is 0 Å². The van der Waals surface area contributed by atoms with Gasteiger partial charge >= 0.3 is 12.1 Å². The summed E-state index contributed by atoms with van der Waals surface area (Å²) in [7, 11) is 1.36. The van der Waals surface area contributed by atoms with Crippen LogP contribution in [0.25, 0.3) is 0 Å². The van der Waals surface area contributed by atoms with Crippen molar-refractivity contribution in [3.8, 4) is 0 Å². The zero-order valence-corrected chi connectivity index (χ0v) is 12.1. The first-order valence-corrected chi connectivity index (χ1v) is 6.51. The van der Waals surface area contributed by atoms with Crippen molar-refractivity contribution in [3.05, 3.63) is 0 Å². The van der Waals surface area contributed by atoms with Gasteiger partial charge in [0.15, 0.2) is 0 Å². The predicted octanol–water partition coefficient (Wildman–Crippen LogP) is 1.13. The highest BCUT2D eigenvalue weighted by molar-refractivity contribution is 5.70. The number of carbonyl (C=O) groups excluding carboxylic acids is 2. The molecule has 2 atom stereocenters. The Morgan fingerprint density at radius 3 is 2.47 bits per heavy atom. The van der Waals surface area contributed by atoms with Crippen molar-refractivity contribution in [2.75, 3.05) is 20.2 Å². The zero-order valence-electron chi connectivity index (χ0n) is 12.1. The van der Waals surface area contributed by atoms with Crippen molar-refractivity contribution in [1.82, 2.24) is 4.90 Å². The highest BCUT2D eigenvalue weighted by Crippen LogP contribution is 2.21. The van der Waals surface area contributed by atoms with Gasteiger partial charge in [0.25, 0.3) is 0 Å². The summed E-state index contributed by atoms with van der Waals surface area (Å²) in [5.74, 6) is -0.244. The van der Waals surface area contributed by atoms with E-state index in [2.05, 4.69) is 4.74 Å². The molecule has 1 aliphatic rings. The first-order chi connectivity index (χ1) is 8.71. The minimum Gasteiger partial charge on any atom is -0.469 e. The van der Waals surface area contributed by atoms with E-state index in [1.54, 1.807) is 4.90 Å². The molecule has 0 spiro atoms. The van der Waals surface area contributed by atoms with Crippen LogP contribution >= 0.6 is 0 Å². The topological polar surface area (TPSA) is 81.9 Å². The van der Waals surface area contributed by atoms with E-state index in [9.17, 15) is 9.59 Å². The molecule has 0 saturated carbocycles. The minimum absolute atomic E-state index is 0.0312. The molecule has 2 unspecified atom stereocenters. The Hall–Kier alpha value is -1.30. The Morgan fingerprint density at radius 1 is 1.32 bits per heavy atom. The number of nitrogens with zero attached hydrogens (tertiary/aromatic N) is 1. The molecule has 1 amide bonds. The monoisotopic (exact) mass is 272 g/mol. The van der Waals surface area contributed by atoms with Crippen LogP contribution in [0, 0.1) is 5.92 Å². The number of nitrogens with two attached hydrogens (primary N) is 1. The summed E-state index contributed by atoms with van der Waals surface area (Å²) in [4.78, 5) is 24.9. The van der Waals surface area contributed by atoms with Crippen molar-refractivity contribution in [2.24, 2.45) is 11.7 Å². The second-order valence-electron chi connectivity index (χ2n) is 6.03. The molecular weight excluding hydrogens is 248 g/mol. The van der Waals surface area contributed by atoms with Crippen molar-refractivity contribution in [3.63, 3.8) is 0 Å². The van der Waals surface area contributed by atoms with Gasteiger partial charge in [-0.25, -0.2) is 4.79 Å². The minimum atomic E-state index is -0.531. The van der Waals surface area contributed by atoms with Crippen molar-refractivity contribution in [2.45, 2.75) is 45.3 Å². The number of likely N-dealkylation sites (tertiary alicyclic amines) is 1. The number of hydrogen-bond donors (Lipinski definition) is 1. The first-order valence-electron chi connectivity index (χ1n) is 6.51. The summed E-state index contributed by atoms with van der Waals surface area (Å²) >= 11 is 0. The van der Waals surface area contributed by atoms with Crippen LogP contribution in [0.3, 0.4) is 0 Å². The molecular formula is C13H24N2O4. The molecule has 1 fully saturated rings. The van der Waals surface area contributed by atoms with E-state index in [1.807, 2.05) is 20.8 Å². The molecule has 2 N–H and O–H groups in total. The van der Waals surface area contributed by atoms with Gasteiger partial charge in [0, 0.05) is 19.1 Å². The second kappa shape index (κ2) is 6.23. The van der Waals surface area contributed by atoms with Crippen molar-refractivity contribution >= 4 is 12.1 Å². The van der Waals surface area contributed by atoms with Gasteiger partial charge in [-0.3, -0.25) is 4.79 Å². The third-order valence-electron chi connectivity index (χ3n) is 2.90. The molecule has 6 heteroatoms. The lowest BCUT2D eigenvalue weighted by Crippen LogP contribution is -2.51.